The van der Waals surface area contributed by atoms with Gasteiger partial charge in [0.15, 0.2) is 5.16 Å². The Labute approximate surface area is 199 Å². The molecular formula is C25H22N4O4S. The second-order valence-corrected chi connectivity index (χ2v) is 8.41. The molecule has 5 rings (SSSR count). The lowest BCUT2D eigenvalue weighted by atomic mass is 10.2. The first-order valence-corrected chi connectivity index (χ1v) is 11.6. The maximum atomic E-state index is 13.4. The second kappa shape index (κ2) is 9.48. The number of aromatic nitrogens is 4. The van der Waals surface area contributed by atoms with Crippen LogP contribution in [0.25, 0.3) is 22.4 Å². The third-order valence-corrected chi connectivity index (χ3v) is 6.24. The van der Waals surface area contributed by atoms with Gasteiger partial charge in [0.1, 0.15) is 17.2 Å². The molecule has 0 N–H and O–H groups in total. The van der Waals surface area contributed by atoms with E-state index in [4.69, 9.17) is 14.2 Å². The predicted molar refractivity (Wildman–Crippen MR) is 132 cm³/mol. The molecule has 0 spiro atoms. The van der Waals surface area contributed by atoms with Crippen LogP contribution < -0.4 is 19.8 Å². The Balaban J connectivity index is 1.48. The van der Waals surface area contributed by atoms with Gasteiger partial charge in [-0.1, -0.05) is 30.0 Å². The smallest absolute Gasteiger partial charge is 0.267 e. The number of nitrogens with zero attached hydrogens (tertiary/aromatic N) is 4. The summed E-state index contributed by atoms with van der Waals surface area (Å²) < 4.78 is 19.8. The molecule has 9 heteroatoms. The van der Waals surface area contributed by atoms with Crippen LogP contribution in [0.5, 0.6) is 17.2 Å². The van der Waals surface area contributed by atoms with Crippen molar-refractivity contribution in [1.82, 2.24) is 19.2 Å². The van der Waals surface area contributed by atoms with E-state index in [0.717, 1.165) is 17.0 Å². The molecule has 2 heterocycles. The van der Waals surface area contributed by atoms with Gasteiger partial charge in [0, 0.05) is 11.8 Å². The number of methoxy groups -OCH3 is 2. The molecule has 2 aromatic heterocycles. The van der Waals surface area contributed by atoms with Gasteiger partial charge in [0.25, 0.3) is 5.56 Å². The van der Waals surface area contributed by atoms with Crippen LogP contribution in [0.4, 0.5) is 0 Å². The highest BCUT2D eigenvalue weighted by atomic mass is 32.2. The maximum Gasteiger partial charge on any atom is 0.267 e. The molecule has 172 valence electrons. The average Bonchev–Trinajstić information content (AvgIpc) is 3.31. The Morgan fingerprint density at radius 1 is 0.853 bits per heavy atom. The predicted octanol–water partition coefficient (Wildman–Crippen LogP) is 4.22. The van der Waals surface area contributed by atoms with Crippen molar-refractivity contribution in [3.05, 3.63) is 83.2 Å². The largest absolute Gasteiger partial charge is 0.497 e. The Kier molecular flexibility index (Phi) is 6.09. The van der Waals surface area contributed by atoms with E-state index < -0.39 is 0 Å². The first-order chi connectivity index (χ1) is 16.7. The number of rotatable bonds is 8. The number of hydrogen-bond acceptors (Lipinski definition) is 7. The molecule has 8 nitrogen and oxygen atoms in total. The fourth-order valence-electron chi connectivity index (χ4n) is 3.72. The average molecular weight is 475 g/mol. The molecule has 3 aromatic carbocycles. The molecule has 0 saturated carbocycles. The molecule has 0 aliphatic carbocycles. The molecule has 0 bridgehead atoms. The lowest BCUT2D eigenvalue weighted by molar-refractivity contribution is 0.342. The van der Waals surface area contributed by atoms with Gasteiger partial charge in [-0.25, -0.2) is 4.57 Å². The number of para-hydroxylation sites is 1. The van der Waals surface area contributed by atoms with E-state index in [1.807, 2.05) is 71.1 Å². The van der Waals surface area contributed by atoms with E-state index in [2.05, 4.69) is 10.2 Å². The summed E-state index contributed by atoms with van der Waals surface area (Å²) in [4.78, 5) is 13.4. The van der Waals surface area contributed by atoms with Gasteiger partial charge in [-0.05, 0) is 48.5 Å². The van der Waals surface area contributed by atoms with E-state index in [1.54, 1.807) is 24.9 Å². The van der Waals surface area contributed by atoms with Crippen LogP contribution in [0.2, 0.25) is 0 Å². The quantitative estimate of drug-likeness (QED) is 0.246. The van der Waals surface area contributed by atoms with Crippen LogP contribution >= 0.6 is 11.8 Å². The zero-order valence-corrected chi connectivity index (χ0v) is 19.5. The topological polar surface area (TPSA) is 79.9 Å². The van der Waals surface area contributed by atoms with Crippen molar-refractivity contribution in [2.24, 2.45) is 0 Å². The molecule has 0 radical (unpaired) electrons. The number of thioether (sulfide) groups is 1. The molecule has 34 heavy (non-hydrogen) atoms. The minimum atomic E-state index is -0.164. The van der Waals surface area contributed by atoms with Crippen LogP contribution in [-0.4, -0.2) is 45.7 Å². The Morgan fingerprint density at radius 3 is 2.41 bits per heavy atom. The maximum absolute atomic E-state index is 13.4. The van der Waals surface area contributed by atoms with Gasteiger partial charge >= 0.3 is 0 Å². The third-order valence-electron chi connectivity index (χ3n) is 5.35. The molecule has 0 fully saturated rings. The molecule has 0 aliphatic rings. The molecular weight excluding hydrogens is 452 g/mol. The van der Waals surface area contributed by atoms with Gasteiger partial charge in [0.05, 0.1) is 37.4 Å². The van der Waals surface area contributed by atoms with Crippen LogP contribution in [0.15, 0.2) is 82.7 Å². The monoisotopic (exact) mass is 474 g/mol. The molecule has 0 unspecified atom stereocenters. The molecule has 5 aromatic rings. The number of ether oxygens (including phenoxy) is 3. The first kappa shape index (κ1) is 21.8. The zero-order valence-electron chi connectivity index (χ0n) is 18.7. The second-order valence-electron chi connectivity index (χ2n) is 7.35. The van der Waals surface area contributed by atoms with Gasteiger partial charge in [-0.3, -0.25) is 9.20 Å². The minimum Gasteiger partial charge on any atom is -0.497 e. The third kappa shape index (κ3) is 4.06. The number of fused-ring (bicyclic) bond motifs is 3. The Hall–Kier alpha value is -3.98. The SMILES string of the molecule is COc1ccc(OCCSc2nnc3n(-c4cccc(OC)c4)c(=O)c4ccccc4n23)cc1. The minimum absolute atomic E-state index is 0.164. The zero-order chi connectivity index (χ0) is 23.5. The van der Waals surface area contributed by atoms with Crippen molar-refractivity contribution >= 4 is 28.4 Å². The van der Waals surface area contributed by atoms with E-state index in [-0.39, 0.29) is 5.56 Å². The summed E-state index contributed by atoms with van der Waals surface area (Å²) in [5, 5.41) is 10.0. The number of benzene rings is 3. The van der Waals surface area contributed by atoms with Gasteiger partial charge in [-0.2, -0.15) is 0 Å². The first-order valence-electron chi connectivity index (χ1n) is 10.6. The van der Waals surface area contributed by atoms with E-state index in [0.29, 0.717) is 40.1 Å². The van der Waals surface area contributed by atoms with E-state index >= 15 is 0 Å². The van der Waals surface area contributed by atoms with Gasteiger partial charge in [0.2, 0.25) is 5.78 Å². The van der Waals surface area contributed by atoms with Crippen molar-refractivity contribution < 1.29 is 14.2 Å². The van der Waals surface area contributed by atoms with Crippen LogP contribution in [0.3, 0.4) is 0 Å². The highest BCUT2D eigenvalue weighted by molar-refractivity contribution is 7.99. The van der Waals surface area contributed by atoms with Crippen LogP contribution in [0, 0.1) is 0 Å². The molecule has 0 saturated heterocycles. The van der Waals surface area contributed by atoms with Crippen molar-refractivity contribution in [2.45, 2.75) is 5.16 Å². The highest BCUT2D eigenvalue weighted by Gasteiger charge is 2.18. The summed E-state index contributed by atoms with van der Waals surface area (Å²) in [5.41, 5.74) is 1.25. The lowest BCUT2D eigenvalue weighted by Gasteiger charge is -2.12. The van der Waals surface area contributed by atoms with Gasteiger partial charge in [-0.15, -0.1) is 10.2 Å². The fraction of sp³-hybridized carbons (Fsp3) is 0.160. The summed E-state index contributed by atoms with van der Waals surface area (Å²) in [6.07, 6.45) is 0. The Bertz CT molecular complexity index is 1510. The van der Waals surface area contributed by atoms with Crippen LogP contribution in [0.1, 0.15) is 0 Å². The Morgan fingerprint density at radius 2 is 1.62 bits per heavy atom. The molecule has 0 aliphatic heterocycles. The summed E-state index contributed by atoms with van der Waals surface area (Å²) in [7, 11) is 3.23. The van der Waals surface area contributed by atoms with Crippen LogP contribution in [-0.2, 0) is 0 Å². The summed E-state index contributed by atoms with van der Waals surface area (Å²) in [6, 6.07) is 22.3. The van der Waals surface area contributed by atoms with Crippen molar-refractivity contribution in [3.8, 4) is 22.9 Å². The number of hydrogen-bond donors (Lipinski definition) is 0. The fourth-order valence-corrected chi connectivity index (χ4v) is 4.48. The summed E-state index contributed by atoms with van der Waals surface area (Å²) in [5.74, 6) is 3.30. The summed E-state index contributed by atoms with van der Waals surface area (Å²) >= 11 is 1.52. The van der Waals surface area contributed by atoms with E-state index in [1.165, 1.54) is 11.8 Å². The normalized spacial score (nSPS) is 11.1. The van der Waals surface area contributed by atoms with Crippen molar-refractivity contribution in [3.63, 3.8) is 0 Å². The van der Waals surface area contributed by atoms with E-state index in [9.17, 15) is 4.79 Å². The lowest BCUT2D eigenvalue weighted by Crippen LogP contribution is -2.21. The van der Waals surface area contributed by atoms with Crippen molar-refractivity contribution in [1.29, 1.82) is 0 Å². The van der Waals surface area contributed by atoms with Crippen molar-refractivity contribution in [2.75, 3.05) is 26.6 Å². The standard InChI is InChI=1S/C25H22N4O4S/c1-31-18-10-12-19(13-11-18)33-14-15-34-25-27-26-24-28(17-6-5-7-20(16-17)32-2)23(30)21-8-3-4-9-22(21)29(24)25/h3-13,16H,14-15H2,1-2H3. The molecule has 0 atom stereocenters. The summed E-state index contributed by atoms with van der Waals surface area (Å²) in [6.45, 7) is 0.485. The highest BCUT2D eigenvalue weighted by Crippen LogP contribution is 2.25. The molecule has 0 amide bonds. The van der Waals surface area contributed by atoms with Gasteiger partial charge < -0.3 is 14.2 Å².